The maximum Gasteiger partial charge on any atom is 0.126 e. The minimum absolute atomic E-state index is 0.144. The summed E-state index contributed by atoms with van der Waals surface area (Å²) in [5, 5.41) is 4.09. The standard InChI is InChI=1S/C15H23ClFN/c1-3-6-14(18-4-2)8-5-7-12-11-13(16)9-10-15(12)17/h9-11,14,18H,3-8H2,1-2H3. The van der Waals surface area contributed by atoms with E-state index in [9.17, 15) is 4.39 Å². The summed E-state index contributed by atoms with van der Waals surface area (Å²) in [5.74, 6) is -0.144. The van der Waals surface area contributed by atoms with Crippen molar-refractivity contribution in [3.8, 4) is 0 Å². The molecule has 0 aliphatic heterocycles. The van der Waals surface area contributed by atoms with E-state index in [0.29, 0.717) is 11.1 Å². The Bertz CT molecular complexity index is 348. The average molecular weight is 272 g/mol. The van der Waals surface area contributed by atoms with Gasteiger partial charge in [-0.05, 0) is 56.0 Å². The molecule has 0 aliphatic rings. The molecule has 0 saturated carbocycles. The van der Waals surface area contributed by atoms with Crippen LogP contribution in [0.5, 0.6) is 0 Å². The Morgan fingerprint density at radius 3 is 2.72 bits per heavy atom. The van der Waals surface area contributed by atoms with Crippen molar-refractivity contribution in [2.75, 3.05) is 6.54 Å². The van der Waals surface area contributed by atoms with E-state index in [2.05, 4.69) is 19.2 Å². The van der Waals surface area contributed by atoms with Crippen LogP contribution in [0.25, 0.3) is 0 Å². The van der Waals surface area contributed by atoms with Gasteiger partial charge in [0.25, 0.3) is 0 Å². The first-order valence-corrected chi connectivity index (χ1v) is 7.22. The van der Waals surface area contributed by atoms with Crippen molar-refractivity contribution in [1.82, 2.24) is 5.32 Å². The molecule has 1 aromatic rings. The monoisotopic (exact) mass is 271 g/mol. The molecule has 1 N–H and O–H groups in total. The second-order valence-corrected chi connectivity index (χ2v) is 5.11. The van der Waals surface area contributed by atoms with E-state index in [1.54, 1.807) is 12.1 Å². The van der Waals surface area contributed by atoms with Crippen LogP contribution in [0.4, 0.5) is 4.39 Å². The largest absolute Gasteiger partial charge is 0.314 e. The van der Waals surface area contributed by atoms with E-state index in [1.165, 1.54) is 18.9 Å². The van der Waals surface area contributed by atoms with Crippen LogP contribution in [-0.4, -0.2) is 12.6 Å². The van der Waals surface area contributed by atoms with Gasteiger partial charge in [-0.1, -0.05) is 31.9 Å². The normalized spacial score (nSPS) is 12.7. The lowest BCUT2D eigenvalue weighted by molar-refractivity contribution is 0.445. The van der Waals surface area contributed by atoms with E-state index < -0.39 is 0 Å². The minimum atomic E-state index is -0.144. The summed E-state index contributed by atoms with van der Waals surface area (Å²) >= 11 is 5.88. The molecule has 0 amide bonds. The molecule has 1 rings (SSSR count). The number of nitrogens with one attached hydrogen (secondary N) is 1. The van der Waals surface area contributed by atoms with Crippen molar-refractivity contribution in [1.29, 1.82) is 0 Å². The Hall–Kier alpha value is -0.600. The molecule has 0 bridgehead atoms. The van der Waals surface area contributed by atoms with E-state index in [4.69, 9.17) is 11.6 Å². The maximum atomic E-state index is 13.5. The van der Waals surface area contributed by atoms with E-state index in [0.717, 1.165) is 31.4 Å². The number of benzene rings is 1. The Labute approximate surface area is 115 Å². The van der Waals surface area contributed by atoms with Crippen LogP contribution in [0, 0.1) is 5.82 Å². The fourth-order valence-corrected chi connectivity index (χ4v) is 2.45. The van der Waals surface area contributed by atoms with E-state index >= 15 is 0 Å². The van der Waals surface area contributed by atoms with Crippen LogP contribution in [-0.2, 0) is 6.42 Å². The van der Waals surface area contributed by atoms with Gasteiger partial charge in [0.15, 0.2) is 0 Å². The van der Waals surface area contributed by atoms with Gasteiger partial charge in [-0.2, -0.15) is 0 Å². The van der Waals surface area contributed by atoms with Crippen molar-refractivity contribution >= 4 is 11.6 Å². The summed E-state index contributed by atoms with van der Waals surface area (Å²) in [6.07, 6.45) is 5.22. The van der Waals surface area contributed by atoms with Gasteiger partial charge >= 0.3 is 0 Å². The minimum Gasteiger partial charge on any atom is -0.314 e. The molecule has 0 spiro atoms. The highest BCUT2D eigenvalue weighted by molar-refractivity contribution is 6.30. The number of hydrogen-bond donors (Lipinski definition) is 1. The summed E-state index contributed by atoms with van der Waals surface area (Å²) in [4.78, 5) is 0. The third kappa shape index (κ3) is 5.36. The first-order chi connectivity index (χ1) is 8.67. The predicted molar refractivity (Wildman–Crippen MR) is 76.7 cm³/mol. The van der Waals surface area contributed by atoms with Crippen LogP contribution >= 0.6 is 11.6 Å². The lowest BCUT2D eigenvalue weighted by atomic mass is 10.0. The summed E-state index contributed by atoms with van der Waals surface area (Å²) in [6.45, 7) is 5.32. The van der Waals surface area contributed by atoms with Gasteiger partial charge in [0.05, 0.1) is 0 Å². The second kappa shape index (κ2) is 8.49. The zero-order valence-electron chi connectivity index (χ0n) is 11.3. The fourth-order valence-electron chi connectivity index (χ4n) is 2.26. The summed E-state index contributed by atoms with van der Waals surface area (Å²) in [7, 11) is 0. The molecule has 18 heavy (non-hydrogen) atoms. The highest BCUT2D eigenvalue weighted by Crippen LogP contribution is 2.17. The molecule has 0 radical (unpaired) electrons. The van der Waals surface area contributed by atoms with Crippen LogP contribution in [0.2, 0.25) is 5.02 Å². The third-order valence-electron chi connectivity index (χ3n) is 3.14. The molecule has 0 heterocycles. The van der Waals surface area contributed by atoms with Gasteiger partial charge < -0.3 is 5.32 Å². The highest BCUT2D eigenvalue weighted by atomic mass is 35.5. The number of halogens is 2. The van der Waals surface area contributed by atoms with Gasteiger partial charge in [0.1, 0.15) is 5.82 Å². The zero-order chi connectivity index (χ0) is 13.4. The van der Waals surface area contributed by atoms with Crippen molar-refractivity contribution in [2.45, 2.75) is 52.0 Å². The molecule has 102 valence electrons. The van der Waals surface area contributed by atoms with Crippen LogP contribution in [0.15, 0.2) is 18.2 Å². The summed E-state index contributed by atoms with van der Waals surface area (Å²) < 4.78 is 13.5. The molecule has 1 nitrogen and oxygen atoms in total. The molecule has 1 unspecified atom stereocenters. The smallest absolute Gasteiger partial charge is 0.126 e. The van der Waals surface area contributed by atoms with Gasteiger partial charge in [-0.15, -0.1) is 0 Å². The van der Waals surface area contributed by atoms with Crippen molar-refractivity contribution in [2.24, 2.45) is 0 Å². The predicted octanol–water partition coefficient (Wildman–Crippen LogP) is 4.58. The highest BCUT2D eigenvalue weighted by Gasteiger charge is 2.07. The molecule has 0 aliphatic carbocycles. The van der Waals surface area contributed by atoms with Crippen molar-refractivity contribution in [3.05, 3.63) is 34.6 Å². The van der Waals surface area contributed by atoms with E-state index in [-0.39, 0.29) is 5.82 Å². The molecule has 1 aromatic carbocycles. The SMILES string of the molecule is CCCC(CCCc1cc(Cl)ccc1F)NCC. The molecule has 0 aromatic heterocycles. The Kier molecular flexibility index (Phi) is 7.29. The first kappa shape index (κ1) is 15.5. The summed E-state index contributed by atoms with van der Waals surface area (Å²) in [5.41, 5.74) is 0.731. The average Bonchev–Trinajstić information content (AvgIpc) is 2.34. The number of aryl methyl sites for hydroxylation is 1. The molecular formula is C15H23ClFN. The zero-order valence-corrected chi connectivity index (χ0v) is 12.1. The Morgan fingerprint density at radius 2 is 2.06 bits per heavy atom. The maximum absolute atomic E-state index is 13.5. The van der Waals surface area contributed by atoms with Gasteiger partial charge in [0.2, 0.25) is 0 Å². The lowest BCUT2D eigenvalue weighted by Crippen LogP contribution is -2.28. The number of hydrogen-bond acceptors (Lipinski definition) is 1. The Balaban J connectivity index is 2.41. The van der Waals surface area contributed by atoms with Crippen LogP contribution in [0.3, 0.4) is 0 Å². The molecule has 3 heteroatoms. The lowest BCUT2D eigenvalue weighted by Gasteiger charge is -2.16. The molecule has 0 saturated heterocycles. The van der Waals surface area contributed by atoms with Gasteiger partial charge in [-0.3, -0.25) is 0 Å². The molecular weight excluding hydrogens is 249 g/mol. The molecule has 1 atom stereocenters. The quantitative estimate of drug-likeness (QED) is 0.730. The van der Waals surface area contributed by atoms with Crippen LogP contribution < -0.4 is 5.32 Å². The fraction of sp³-hybridized carbons (Fsp3) is 0.600. The van der Waals surface area contributed by atoms with Crippen LogP contribution in [0.1, 0.15) is 45.1 Å². The van der Waals surface area contributed by atoms with E-state index in [1.807, 2.05) is 0 Å². The second-order valence-electron chi connectivity index (χ2n) is 4.67. The third-order valence-corrected chi connectivity index (χ3v) is 3.37. The van der Waals surface area contributed by atoms with Crippen molar-refractivity contribution < 1.29 is 4.39 Å². The Morgan fingerprint density at radius 1 is 1.28 bits per heavy atom. The number of rotatable bonds is 8. The molecule has 0 fully saturated rings. The van der Waals surface area contributed by atoms with Gasteiger partial charge in [0, 0.05) is 11.1 Å². The van der Waals surface area contributed by atoms with Gasteiger partial charge in [-0.25, -0.2) is 4.39 Å². The topological polar surface area (TPSA) is 12.0 Å². The first-order valence-electron chi connectivity index (χ1n) is 6.84. The summed E-state index contributed by atoms with van der Waals surface area (Å²) in [6, 6.07) is 5.34. The van der Waals surface area contributed by atoms with Crippen molar-refractivity contribution in [3.63, 3.8) is 0 Å².